The fraction of sp³-hybridized carbons (Fsp3) is 0.200. The van der Waals surface area contributed by atoms with Crippen LogP contribution in [0.5, 0.6) is 0 Å². The van der Waals surface area contributed by atoms with Crippen LogP contribution in [0.1, 0.15) is 17.1 Å². The van der Waals surface area contributed by atoms with Crippen molar-refractivity contribution in [2.75, 3.05) is 0 Å². The molecule has 0 unspecified atom stereocenters. The summed E-state index contributed by atoms with van der Waals surface area (Å²) in [4.78, 5) is 9.00. The monoisotopic (exact) mass is 367 g/mol. The minimum absolute atomic E-state index is 0.229. The summed E-state index contributed by atoms with van der Waals surface area (Å²) >= 11 is 9.20. The third kappa shape index (κ3) is 2.45. The van der Waals surface area contributed by atoms with Gasteiger partial charge in [0.25, 0.3) is 0 Å². The Labute approximate surface area is 134 Å². The third-order valence-corrected chi connectivity index (χ3v) is 4.16. The number of benzene rings is 1. The van der Waals surface area contributed by atoms with Crippen LogP contribution in [-0.4, -0.2) is 14.5 Å². The molecule has 0 aliphatic carbocycles. The molecule has 0 amide bonds. The molecule has 0 N–H and O–H groups in total. The first kappa shape index (κ1) is 14.5. The molecule has 0 radical (unpaired) electrons. The summed E-state index contributed by atoms with van der Waals surface area (Å²) in [5.74, 6) is 0.548. The maximum atomic E-state index is 13.9. The fourth-order valence-electron chi connectivity index (χ4n) is 2.32. The molecule has 0 atom stereocenters. The molecule has 3 rings (SSSR count). The van der Waals surface area contributed by atoms with Crippen molar-refractivity contribution in [2.24, 2.45) is 0 Å². The highest BCUT2D eigenvalue weighted by atomic mass is 79.9. The second kappa shape index (κ2) is 5.39. The number of aryl methyl sites for hydroxylation is 2. The maximum Gasteiger partial charge on any atom is 0.164 e. The summed E-state index contributed by atoms with van der Waals surface area (Å²) in [6, 6.07) is 7.01. The zero-order valence-corrected chi connectivity index (χ0v) is 13.8. The molecular formula is C15H12BrClFN3. The first-order valence-electron chi connectivity index (χ1n) is 6.38. The number of halogens is 3. The molecule has 0 bridgehead atoms. The Morgan fingerprint density at radius 3 is 2.71 bits per heavy atom. The molecule has 0 fully saturated rings. The zero-order chi connectivity index (χ0) is 15.1. The van der Waals surface area contributed by atoms with E-state index in [1.807, 2.05) is 30.5 Å². The Bertz CT molecular complexity index is 845. The van der Waals surface area contributed by atoms with E-state index >= 15 is 0 Å². The molecule has 2 heterocycles. The first-order chi connectivity index (χ1) is 10.0. The van der Waals surface area contributed by atoms with Gasteiger partial charge in [0.2, 0.25) is 0 Å². The SMILES string of the molecule is Cc1ccc2nc(CCl)n(-c3cc(F)c(Br)cc3C)c2n1. The van der Waals surface area contributed by atoms with Gasteiger partial charge >= 0.3 is 0 Å². The Morgan fingerprint density at radius 2 is 2.00 bits per heavy atom. The molecule has 3 aromatic rings. The van der Waals surface area contributed by atoms with Gasteiger partial charge in [-0.25, -0.2) is 14.4 Å². The van der Waals surface area contributed by atoms with Gasteiger partial charge in [-0.2, -0.15) is 0 Å². The van der Waals surface area contributed by atoms with Gasteiger partial charge in [-0.3, -0.25) is 4.57 Å². The minimum Gasteiger partial charge on any atom is -0.279 e. The van der Waals surface area contributed by atoms with Crippen molar-refractivity contribution in [1.82, 2.24) is 14.5 Å². The van der Waals surface area contributed by atoms with E-state index in [0.29, 0.717) is 21.6 Å². The quantitative estimate of drug-likeness (QED) is 0.615. The first-order valence-corrected chi connectivity index (χ1v) is 7.71. The predicted molar refractivity (Wildman–Crippen MR) is 85.6 cm³/mol. The molecule has 6 heteroatoms. The number of hydrogen-bond donors (Lipinski definition) is 0. The van der Waals surface area contributed by atoms with E-state index in [0.717, 1.165) is 16.8 Å². The highest BCUT2D eigenvalue weighted by Gasteiger charge is 2.16. The Morgan fingerprint density at radius 1 is 1.24 bits per heavy atom. The van der Waals surface area contributed by atoms with Gasteiger partial charge in [0.1, 0.15) is 17.2 Å². The highest BCUT2D eigenvalue weighted by Crippen LogP contribution is 2.27. The van der Waals surface area contributed by atoms with Crippen molar-refractivity contribution in [3.05, 3.63) is 51.6 Å². The highest BCUT2D eigenvalue weighted by molar-refractivity contribution is 9.10. The van der Waals surface area contributed by atoms with Crippen molar-refractivity contribution >= 4 is 38.7 Å². The number of alkyl halides is 1. The van der Waals surface area contributed by atoms with Gasteiger partial charge in [0.05, 0.1) is 16.0 Å². The lowest BCUT2D eigenvalue weighted by Crippen LogP contribution is -2.04. The van der Waals surface area contributed by atoms with Crippen LogP contribution in [0, 0.1) is 19.7 Å². The number of hydrogen-bond acceptors (Lipinski definition) is 2. The van der Waals surface area contributed by atoms with Crippen LogP contribution in [0.3, 0.4) is 0 Å². The number of aromatic nitrogens is 3. The largest absolute Gasteiger partial charge is 0.279 e. The molecule has 108 valence electrons. The maximum absolute atomic E-state index is 13.9. The van der Waals surface area contributed by atoms with Crippen LogP contribution < -0.4 is 0 Å². The molecule has 0 saturated carbocycles. The molecule has 0 spiro atoms. The van der Waals surface area contributed by atoms with Crippen LogP contribution in [0.4, 0.5) is 4.39 Å². The Balaban J connectivity index is 2.38. The molecule has 3 nitrogen and oxygen atoms in total. The summed E-state index contributed by atoms with van der Waals surface area (Å²) in [5.41, 5.74) is 3.93. The van der Waals surface area contributed by atoms with Crippen molar-refractivity contribution in [2.45, 2.75) is 19.7 Å². The third-order valence-electron chi connectivity index (χ3n) is 3.31. The molecule has 21 heavy (non-hydrogen) atoms. The van der Waals surface area contributed by atoms with E-state index in [1.165, 1.54) is 6.07 Å². The van der Waals surface area contributed by atoms with E-state index in [9.17, 15) is 4.39 Å². The number of fused-ring (bicyclic) bond motifs is 1. The molecule has 0 aliphatic rings. The predicted octanol–water partition coefficient (Wildman–Crippen LogP) is 4.68. The summed E-state index contributed by atoms with van der Waals surface area (Å²) in [6.45, 7) is 3.82. The van der Waals surface area contributed by atoms with Crippen LogP contribution in [0.2, 0.25) is 0 Å². The van der Waals surface area contributed by atoms with Crippen molar-refractivity contribution < 1.29 is 4.39 Å². The minimum atomic E-state index is -0.328. The van der Waals surface area contributed by atoms with Crippen molar-refractivity contribution in [1.29, 1.82) is 0 Å². The standard InChI is InChI=1S/C15H12BrClFN3/c1-8-5-10(16)11(18)6-13(8)21-14(7-17)20-12-4-3-9(2)19-15(12)21/h3-6H,7H2,1-2H3. The van der Waals surface area contributed by atoms with E-state index in [-0.39, 0.29) is 11.7 Å². The van der Waals surface area contributed by atoms with Gasteiger partial charge < -0.3 is 0 Å². The molecule has 2 aromatic heterocycles. The average molecular weight is 369 g/mol. The van der Waals surface area contributed by atoms with Gasteiger partial charge in [-0.1, -0.05) is 0 Å². The smallest absolute Gasteiger partial charge is 0.164 e. The number of imidazole rings is 1. The van der Waals surface area contributed by atoms with E-state index in [2.05, 4.69) is 25.9 Å². The van der Waals surface area contributed by atoms with E-state index < -0.39 is 0 Å². The average Bonchev–Trinajstić information content (AvgIpc) is 2.80. The Kier molecular flexibility index (Phi) is 3.71. The van der Waals surface area contributed by atoms with Crippen molar-refractivity contribution in [3.8, 4) is 5.69 Å². The van der Waals surface area contributed by atoms with E-state index in [1.54, 1.807) is 6.07 Å². The van der Waals surface area contributed by atoms with Crippen LogP contribution in [-0.2, 0) is 5.88 Å². The lowest BCUT2D eigenvalue weighted by molar-refractivity contribution is 0.619. The molecule has 1 aromatic carbocycles. The number of nitrogens with zero attached hydrogens (tertiary/aromatic N) is 3. The summed E-state index contributed by atoms with van der Waals surface area (Å²) in [7, 11) is 0. The summed E-state index contributed by atoms with van der Waals surface area (Å²) < 4.78 is 16.2. The molecule has 0 saturated heterocycles. The van der Waals surface area contributed by atoms with Crippen LogP contribution in [0.15, 0.2) is 28.7 Å². The summed E-state index contributed by atoms with van der Waals surface area (Å²) in [5, 5.41) is 0. The van der Waals surface area contributed by atoms with E-state index in [4.69, 9.17) is 11.6 Å². The van der Waals surface area contributed by atoms with Gasteiger partial charge in [0, 0.05) is 5.69 Å². The lowest BCUT2D eigenvalue weighted by Gasteiger charge is -2.11. The Hall–Kier alpha value is -1.46. The number of rotatable bonds is 2. The van der Waals surface area contributed by atoms with Crippen LogP contribution in [0.25, 0.3) is 16.9 Å². The second-order valence-electron chi connectivity index (χ2n) is 4.85. The normalized spacial score (nSPS) is 11.3. The van der Waals surface area contributed by atoms with Gasteiger partial charge in [-0.15, -0.1) is 11.6 Å². The lowest BCUT2D eigenvalue weighted by atomic mass is 10.2. The second-order valence-corrected chi connectivity index (χ2v) is 5.97. The topological polar surface area (TPSA) is 30.7 Å². The van der Waals surface area contributed by atoms with Gasteiger partial charge in [0.15, 0.2) is 5.65 Å². The fourth-order valence-corrected chi connectivity index (χ4v) is 2.96. The van der Waals surface area contributed by atoms with Gasteiger partial charge in [-0.05, 0) is 59.6 Å². The number of pyridine rings is 1. The zero-order valence-electron chi connectivity index (χ0n) is 11.5. The molecular weight excluding hydrogens is 357 g/mol. The molecule has 0 aliphatic heterocycles. The summed E-state index contributed by atoms with van der Waals surface area (Å²) in [6.07, 6.45) is 0. The van der Waals surface area contributed by atoms with Crippen LogP contribution >= 0.6 is 27.5 Å². The van der Waals surface area contributed by atoms with Crippen molar-refractivity contribution in [3.63, 3.8) is 0 Å².